The van der Waals surface area contributed by atoms with Gasteiger partial charge in [0.2, 0.25) is 0 Å². The van der Waals surface area contributed by atoms with Crippen LogP contribution in [0.2, 0.25) is 0 Å². The van der Waals surface area contributed by atoms with E-state index < -0.39 is 6.85 Å². The molecule has 0 saturated carbocycles. The summed E-state index contributed by atoms with van der Waals surface area (Å²) in [5.74, 6) is 2.44. The number of hydrogen-bond donors (Lipinski definition) is 0. The number of rotatable bonds is 7. The Labute approximate surface area is 307 Å². The SMILES string of the molecule is CC(C)c1ccc2s[c-]c(-c3nc4ccccc4n3Cc3c(C(C)C)cccc3C(C)C)c2c1.[2H]C([2H])([2H])c1ccc(-c2[c-]cccc2)nc1.[Ir]. The summed E-state index contributed by atoms with van der Waals surface area (Å²) in [4.78, 5) is 9.29. The third-order valence-corrected chi connectivity index (χ3v) is 9.52. The van der Waals surface area contributed by atoms with Crippen LogP contribution in [0.5, 0.6) is 0 Å². The molecule has 3 aromatic heterocycles. The van der Waals surface area contributed by atoms with E-state index in [2.05, 4.69) is 123 Å². The van der Waals surface area contributed by atoms with Gasteiger partial charge in [0.15, 0.2) is 0 Å². The van der Waals surface area contributed by atoms with Crippen LogP contribution in [0.15, 0.2) is 103 Å². The first-order valence-electron chi connectivity index (χ1n) is 17.9. The quantitative estimate of drug-likeness (QED) is 0.150. The van der Waals surface area contributed by atoms with Crippen molar-refractivity contribution in [1.29, 1.82) is 0 Å². The predicted octanol–water partition coefficient (Wildman–Crippen LogP) is 12.0. The molecular formula is C43H43IrN3S-2. The summed E-state index contributed by atoms with van der Waals surface area (Å²) in [5, 5.41) is 4.87. The molecule has 0 spiro atoms. The van der Waals surface area contributed by atoms with Crippen LogP contribution in [0.4, 0.5) is 0 Å². The summed E-state index contributed by atoms with van der Waals surface area (Å²) in [7, 11) is 0. The molecule has 3 heterocycles. The number of hydrogen-bond acceptors (Lipinski definition) is 3. The van der Waals surface area contributed by atoms with Crippen molar-refractivity contribution in [1.82, 2.24) is 14.5 Å². The molecule has 0 aliphatic carbocycles. The molecule has 0 saturated heterocycles. The largest absolute Gasteiger partial charge is 0.360 e. The van der Waals surface area contributed by atoms with Gasteiger partial charge in [-0.3, -0.25) is 16.3 Å². The first-order valence-corrected chi connectivity index (χ1v) is 17.2. The van der Waals surface area contributed by atoms with Gasteiger partial charge in [0.05, 0.1) is 16.9 Å². The second-order valence-corrected chi connectivity index (χ2v) is 13.8. The van der Waals surface area contributed by atoms with Crippen molar-refractivity contribution in [3.63, 3.8) is 0 Å². The van der Waals surface area contributed by atoms with Gasteiger partial charge in [0.25, 0.3) is 0 Å². The molecule has 3 nitrogen and oxygen atoms in total. The average molecular weight is 829 g/mol. The smallest absolute Gasteiger partial charge is 0.0770 e. The molecule has 4 aromatic carbocycles. The molecule has 0 aliphatic rings. The fraction of sp³-hybridized carbons (Fsp3) is 0.256. The Bertz CT molecular complexity index is 2190. The minimum atomic E-state index is -2.09. The third-order valence-electron chi connectivity index (χ3n) is 8.64. The molecule has 0 N–H and O–H groups in total. The van der Waals surface area contributed by atoms with Crippen molar-refractivity contribution in [2.45, 2.75) is 72.7 Å². The maximum Gasteiger partial charge on any atom is 0.0770 e. The predicted molar refractivity (Wildman–Crippen MR) is 200 cm³/mol. The molecule has 0 fully saturated rings. The van der Waals surface area contributed by atoms with Gasteiger partial charge in [0.1, 0.15) is 0 Å². The molecular weight excluding hydrogens is 783 g/mol. The zero-order chi connectivity index (χ0) is 35.6. The fourth-order valence-electron chi connectivity index (χ4n) is 6.10. The maximum absolute atomic E-state index is 7.23. The zero-order valence-corrected chi connectivity index (χ0v) is 31.5. The van der Waals surface area contributed by atoms with Gasteiger partial charge >= 0.3 is 0 Å². The molecule has 0 unspecified atom stereocenters. The Morgan fingerprint density at radius 2 is 1.56 bits per heavy atom. The number of imidazole rings is 1. The van der Waals surface area contributed by atoms with Gasteiger partial charge in [0, 0.05) is 37.0 Å². The molecule has 0 atom stereocenters. The number of para-hydroxylation sites is 2. The number of benzene rings is 4. The molecule has 0 aliphatic heterocycles. The van der Waals surface area contributed by atoms with Gasteiger partial charge in [-0.2, -0.15) is 0 Å². The van der Waals surface area contributed by atoms with Crippen LogP contribution in [0.3, 0.4) is 0 Å². The molecule has 7 rings (SSSR count). The Hall–Kier alpha value is -3.89. The van der Waals surface area contributed by atoms with Gasteiger partial charge < -0.3 is 9.55 Å². The molecule has 0 bridgehead atoms. The van der Waals surface area contributed by atoms with E-state index >= 15 is 0 Å². The number of aryl methyl sites for hydroxylation is 1. The first-order chi connectivity index (χ1) is 23.9. The number of thiophene rings is 1. The van der Waals surface area contributed by atoms with E-state index in [1.165, 1.54) is 44.1 Å². The molecule has 247 valence electrons. The van der Waals surface area contributed by atoms with E-state index in [0.717, 1.165) is 34.7 Å². The van der Waals surface area contributed by atoms with Crippen LogP contribution in [-0.2, 0) is 26.7 Å². The summed E-state index contributed by atoms with van der Waals surface area (Å²) in [6.07, 6.45) is 1.39. The Morgan fingerprint density at radius 1 is 0.812 bits per heavy atom. The van der Waals surface area contributed by atoms with Crippen molar-refractivity contribution in [3.05, 3.63) is 143 Å². The summed E-state index contributed by atoms with van der Waals surface area (Å²) in [5.41, 5.74) is 10.8. The Balaban J connectivity index is 0.000000249. The molecule has 5 heteroatoms. The summed E-state index contributed by atoms with van der Waals surface area (Å²) in [6, 6.07) is 35.9. The Morgan fingerprint density at radius 3 is 2.21 bits per heavy atom. The normalized spacial score (nSPS) is 12.5. The fourth-order valence-corrected chi connectivity index (χ4v) is 6.92. The van der Waals surface area contributed by atoms with Gasteiger partial charge in [-0.05, 0) is 64.7 Å². The molecule has 1 radical (unpaired) electrons. The molecule has 48 heavy (non-hydrogen) atoms. The van der Waals surface area contributed by atoms with Gasteiger partial charge in [-0.1, -0.05) is 117 Å². The second-order valence-electron chi connectivity index (χ2n) is 12.9. The second kappa shape index (κ2) is 15.6. The van der Waals surface area contributed by atoms with Crippen molar-refractivity contribution < 1.29 is 24.2 Å². The Kier molecular flexibility index (Phi) is 10.2. The zero-order valence-electron chi connectivity index (χ0n) is 31.3. The van der Waals surface area contributed by atoms with Crippen LogP contribution in [-0.4, -0.2) is 14.5 Å². The number of nitrogens with zero attached hydrogens (tertiary/aromatic N) is 3. The number of aromatic nitrogens is 3. The van der Waals surface area contributed by atoms with E-state index in [4.69, 9.17) is 9.10 Å². The van der Waals surface area contributed by atoms with Crippen LogP contribution in [0.25, 0.3) is 43.8 Å². The molecule has 7 aromatic rings. The number of fused-ring (bicyclic) bond motifs is 2. The summed E-state index contributed by atoms with van der Waals surface area (Å²) in [6.45, 7) is 12.4. The summed E-state index contributed by atoms with van der Waals surface area (Å²) >= 11 is 1.69. The van der Waals surface area contributed by atoms with Crippen molar-refractivity contribution >= 4 is 32.5 Å². The van der Waals surface area contributed by atoms with E-state index in [-0.39, 0.29) is 25.7 Å². The number of pyridine rings is 1. The van der Waals surface area contributed by atoms with Crippen LogP contribution in [0.1, 0.15) is 91.2 Å². The van der Waals surface area contributed by atoms with Crippen LogP contribution in [0, 0.1) is 18.3 Å². The van der Waals surface area contributed by atoms with E-state index in [0.29, 0.717) is 17.8 Å². The van der Waals surface area contributed by atoms with E-state index in [1.807, 2.05) is 18.2 Å². The van der Waals surface area contributed by atoms with E-state index in [9.17, 15) is 0 Å². The van der Waals surface area contributed by atoms with Crippen molar-refractivity contribution in [2.24, 2.45) is 0 Å². The van der Waals surface area contributed by atoms with Crippen LogP contribution < -0.4 is 0 Å². The van der Waals surface area contributed by atoms with Gasteiger partial charge in [-0.25, -0.2) is 0 Å². The van der Waals surface area contributed by atoms with Crippen LogP contribution >= 0.6 is 11.3 Å². The van der Waals surface area contributed by atoms with Crippen molar-refractivity contribution in [2.75, 3.05) is 0 Å². The maximum atomic E-state index is 7.23. The topological polar surface area (TPSA) is 30.7 Å². The van der Waals surface area contributed by atoms with E-state index in [1.54, 1.807) is 29.5 Å². The minimum Gasteiger partial charge on any atom is -0.360 e. The van der Waals surface area contributed by atoms with Crippen molar-refractivity contribution in [3.8, 4) is 22.6 Å². The third kappa shape index (κ3) is 7.55. The van der Waals surface area contributed by atoms with Gasteiger partial charge in [-0.15, -0.1) is 47.3 Å². The first kappa shape index (κ1) is 31.4. The summed E-state index contributed by atoms with van der Waals surface area (Å²) < 4.78 is 25.4. The average Bonchev–Trinajstić information content (AvgIpc) is 3.69. The standard InChI is InChI=1S/C31H33N2S.C12H10N.Ir/c1-19(2)22-14-15-30-25(16-22)27(18-34-30)31-32-28-12-7-8-13-29(28)33(31)17-26-23(20(3)4)10-9-11-24(26)21(5)6;1-10-7-8-12(13-9-10)11-5-3-2-4-6-11;/h7-16,19-21H,17H2,1-6H3;2-5,7-9H,1H3;/q2*-1;/i;1D3;. The molecule has 0 amide bonds. The minimum absolute atomic E-state index is 0. The monoisotopic (exact) mass is 829 g/mol.